The van der Waals surface area contributed by atoms with E-state index in [1.54, 1.807) is 26.4 Å². The monoisotopic (exact) mass is 467 g/mol. The molecule has 170 valence electrons. The van der Waals surface area contributed by atoms with Gasteiger partial charge in [0.1, 0.15) is 5.15 Å². The van der Waals surface area contributed by atoms with Crippen LogP contribution in [0.25, 0.3) is 10.9 Å². The second kappa shape index (κ2) is 9.46. The number of aliphatic carboxylic acids is 1. The lowest BCUT2D eigenvalue weighted by Crippen LogP contribution is -2.27. The minimum atomic E-state index is -1.05. The number of hydrogen-bond acceptors (Lipinski definition) is 6. The van der Waals surface area contributed by atoms with Crippen LogP contribution in [0.4, 0.5) is 0 Å². The first kappa shape index (κ1) is 22.5. The number of carboxylic acids is 1. The molecule has 4 rings (SSSR count). The summed E-state index contributed by atoms with van der Waals surface area (Å²) in [6.45, 7) is 0. The van der Waals surface area contributed by atoms with Crippen molar-refractivity contribution in [2.45, 2.75) is 25.3 Å². The van der Waals surface area contributed by atoms with Crippen LogP contribution in [-0.4, -0.2) is 46.9 Å². The highest BCUT2D eigenvalue weighted by molar-refractivity contribution is 6.30. The third-order valence-corrected chi connectivity index (χ3v) is 5.80. The van der Waals surface area contributed by atoms with E-state index in [1.807, 2.05) is 36.4 Å². The van der Waals surface area contributed by atoms with Gasteiger partial charge in [-0.3, -0.25) is 9.59 Å². The maximum absolute atomic E-state index is 13.0. The third-order valence-electron chi connectivity index (χ3n) is 5.50. The predicted molar refractivity (Wildman–Crippen MR) is 124 cm³/mol. The van der Waals surface area contributed by atoms with Gasteiger partial charge in [0.15, 0.2) is 11.5 Å². The molecule has 0 fully saturated rings. The summed E-state index contributed by atoms with van der Waals surface area (Å²) < 4.78 is 10.7. The summed E-state index contributed by atoms with van der Waals surface area (Å²) in [6, 6.07) is 14.3. The van der Waals surface area contributed by atoms with Gasteiger partial charge in [0.05, 0.1) is 37.9 Å². The Morgan fingerprint density at radius 1 is 1.09 bits per heavy atom. The van der Waals surface area contributed by atoms with Crippen molar-refractivity contribution in [2.24, 2.45) is 5.10 Å². The van der Waals surface area contributed by atoms with Gasteiger partial charge in [-0.25, -0.2) is 9.99 Å². The number of carbonyl (C=O) groups is 2. The number of carboxylic acid groups (broad SMARTS) is 1. The molecule has 8 nitrogen and oxygen atoms in total. The lowest BCUT2D eigenvalue weighted by Gasteiger charge is -2.22. The molecule has 1 aliphatic rings. The number of hydrogen-bond donors (Lipinski definition) is 1. The van der Waals surface area contributed by atoms with E-state index >= 15 is 0 Å². The van der Waals surface area contributed by atoms with E-state index in [1.165, 1.54) is 5.01 Å². The molecule has 9 heteroatoms. The number of nitrogens with zero attached hydrogens (tertiary/aromatic N) is 3. The first-order valence-electron chi connectivity index (χ1n) is 10.3. The molecule has 0 radical (unpaired) electrons. The number of para-hydroxylation sites is 1. The number of rotatable bonds is 7. The van der Waals surface area contributed by atoms with Gasteiger partial charge in [0.2, 0.25) is 5.91 Å². The molecule has 1 N–H and O–H groups in total. The number of hydrazone groups is 1. The Balaban J connectivity index is 1.74. The number of halogens is 1. The number of aromatic nitrogens is 1. The van der Waals surface area contributed by atoms with Gasteiger partial charge in [0, 0.05) is 29.4 Å². The van der Waals surface area contributed by atoms with Gasteiger partial charge in [-0.15, -0.1) is 0 Å². The van der Waals surface area contributed by atoms with Crippen molar-refractivity contribution in [3.05, 3.63) is 64.8 Å². The molecule has 1 amide bonds. The lowest BCUT2D eigenvalue weighted by molar-refractivity contribution is -0.141. The minimum Gasteiger partial charge on any atom is -0.493 e. The average Bonchev–Trinajstić information content (AvgIpc) is 3.26. The summed E-state index contributed by atoms with van der Waals surface area (Å²) in [5.41, 5.74) is 2.80. The highest BCUT2D eigenvalue weighted by atomic mass is 35.5. The highest BCUT2D eigenvalue weighted by Crippen LogP contribution is 2.38. The van der Waals surface area contributed by atoms with Crippen LogP contribution in [0.5, 0.6) is 11.5 Å². The van der Waals surface area contributed by atoms with Gasteiger partial charge in [0.25, 0.3) is 0 Å². The molecule has 0 unspecified atom stereocenters. The number of pyridine rings is 1. The van der Waals surface area contributed by atoms with Crippen LogP contribution >= 0.6 is 11.6 Å². The zero-order valence-electron chi connectivity index (χ0n) is 18.1. The minimum absolute atomic E-state index is 0.173. The van der Waals surface area contributed by atoms with Crippen LogP contribution in [-0.2, 0) is 9.59 Å². The zero-order chi connectivity index (χ0) is 23.5. The molecule has 0 spiro atoms. The topological polar surface area (TPSA) is 101 Å². The largest absolute Gasteiger partial charge is 0.493 e. The van der Waals surface area contributed by atoms with Crippen LogP contribution in [0.3, 0.4) is 0 Å². The van der Waals surface area contributed by atoms with Crippen LogP contribution in [0.1, 0.15) is 36.4 Å². The summed E-state index contributed by atoms with van der Waals surface area (Å²) in [7, 11) is 3.10. The Hall–Kier alpha value is -3.65. The van der Waals surface area contributed by atoms with Crippen LogP contribution in [0.15, 0.2) is 53.6 Å². The summed E-state index contributed by atoms with van der Waals surface area (Å²) >= 11 is 6.53. The number of ether oxygens (including phenoxy) is 2. The van der Waals surface area contributed by atoms with E-state index in [0.29, 0.717) is 29.2 Å². The molecule has 0 saturated carbocycles. The van der Waals surface area contributed by atoms with E-state index in [9.17, 15) is 9.59 Å². The van der Waals surface area contributed by atoms with Crippen molar-refractivity contribution < 1.29 is 24.2 Å². The second-order valence-corrected chi connectivity index (χ2v) is 7.89. The fourth-order valence-electron chi connectivity index (χ4n) is 3.84. The normalized spacial score (nSPS) is 15.4. The van der Waals surface area contributed by atoms with Crippen molar-refractivity contribution in [3.8, 4) is 11.5 Å². The first-order valence-corrected chi connectivity index (χ1v) is 10.7. The number of fused-ring (bicyclic) bond motifs is 1. The average molecular weight is 468 g/mol. The maximum Gasteiger partial charge on any atom is 0.303 e. The molecule has 0 saturated heterocycles. The SMILES string of the molecule is COc1ccc(C2=NN(C(=O)CCC(=O)O)[C@H](c3cc4ccccc4nc3Cl)C2)cc1OC. The molecular formula is C24H22ClN3O5. The molecule has 1 atom stereocenters. The van der Waals surface area contributed by atoms with Crippen molar-refractivity contribution in [1.29, 1.82) is 0 Å². The molecule has 33 heavy (non-hydrogen) atoms. The fraction of sp³-hybridized carbons (Fsp3) is 0.250. The smallest absolute Gasteiger partial charge is 0.303 e. The molecule has 3 aromatic rings. The Labute approximate surface area is 195 Å². The summed E-state index contributed by atoms with van der Waals surface area (Å²) in [5.74, 6) is -0.335. The number of benzene rings is 2. The quantitative estimate of drug-likeness (QED) is 0.515. The number of carbonyl (C=O) groups excluding carboxylic acids is 1. The Morgan fingerprint density at radius 3 is 2.58 bits per heavy atom. The van der Waals surface area contributed by atoms with Gasteiger partial charge in [-0.2, -0.15) is 5.10 Å². The van der Waals surface area contributed by atoms with Gasteiger partial charge >= 0.3 is 5.97 Å². The van der Waals surface area contributed by atoms with E-state index in [0.717, 1.165) is 16.5 Å². The van der Waals surface area contributed by atoms with E-state index in [2.05, 4.69) is 10.1 Å². The standard InChI is InChI=1S/C24H22ClN3O5/c1-32-20-8-7-15(12-21(20)33-2)18-13-19(28(27-18)22(29)9-10-23(30)31)16-11-14-5-3-4-6-17(14)26-24(16)25/h3-8,11-12,19H,9-10,13H2,1-2H3,(H,30,31)/t19-/m0/s1. The highest BCUT2D eigenvalue weighted by Gasteiger charge is 2.35. The van der Waals surface area contributed by atoms with Crippen LogP contribution < -0.4 is 9.47 Å². The van der Waals surface area contributed by atoms with Crippen LogP contribution in [0.2, 0.25) is 5.15 Å². The number of amides is 1. The lowest BCUT2D eigenvalue weighted by atomic mass is 9.98. The van der Waals surface area contributed by atoms with Crippen molar-refractivity contribution >= 4 is 40.1 Å². The van der Waals surface area contributed by atoms with Crippen molar-refractivity contribution in [1.82, 2.24) is 9.99 Å². The molecule has 0 bridgehead atoms. The zero-order valence-corrected chi connectivity index (χ0v) is 18.9. The predicted octanol–water partition coefficient (Wildman–Crippen LogP) is 4.45. The molecule has 0 aliphatic carbocycles. The van der Waals surface area contributed by atoms with Crippen molar-refractivity contribution in [2.75, 3.05) is 14.2 Å². The van der Waals surface area contributed by atoms with E-state index in [4.69, 9.17) is 26.2 Å². The van der Waals surface area contributed by atoms with E-state index < -0.39 is 17.9 Å². The Kier molecular flexibility index (Phi) is 6.46. The molecule has 2 heterocycles. The van der Waals surface area contributed by atoms with E-state index in [-0.39, 0.29) is 18.0 Å². The van der Waals surface area contributed by atoms with Gasteiger partial charge in [-0.05, 0) is 30.3 Å². The summed E-state index contributed by atoms with van der Waals surface area (Å²) in [4.78, 5) is 28.5. The molecule has 2 aromatic carbocycles. The molecular weight excluding hydrogens is 446 g/mol. The third kappa shape index (κ3) is 4.61. The summed E-state index contributed by atoms with van der Waals surface area (Å²) in [6.07, 6.45) is -0.0752. The first-order chi connectivity index (χ1) is 15.9. The Morgan fingerprint density at radius 2 is 1.85 bits per heavy atom. The van der Waals surface area contributed by atoms with Gasteiger partial charge in [-0.1, -0.05) is 29.8 Å². The molecule has 1 aromatic heterocycles. The van der Waals surface area contributed by atoms with Gasteiger partial charge < -0.3 is 14.6 Å². The molecule has 1 aliphatic heterocycles. The maximum atomic E-state index is 13.0. The fourth-order valence-corrected chi connectivity index (χ4v) is 4.12. The van der Waals surface area contributed by atoms with Crippen molar-refractivity contribution in [3.63, 3.8) is 0 Å². The summed E-state index contributed by atoms with van der Waals surface area (Å²) in [5, 5.41) is 16.1. The van der Waals surface area contributed by atoms with Crippen LogP contribution in [0, 0.1) is 0 Å². The Bertz CT molecular complexity index is 1260. The second-order valence-electron chi connectivity index (χ2n) is 7.53. The number of methoxy groups -OCH3 is 2.